The van der Waals surface area contributed by atoms with Crippen molar-refractivity contribution in [1.82, 2.24) is 9.88 Å². The SMILES string of the molecule is CC(C)(C)NC(=O)Cn1c(=O)/c(=C\c2ccsc2)s/c1=C\C(=O)C(C)(C)C. The average molecular weight is 407 g/mol. The van der Waals surface area contributed by atoms with Gasteiger partial charge in [-0.25, -0.2) is 0 Å². The van der Waals surface area contributed by atoms with Gasteiger partial charge in [-0.2, -0.15) is 11.3 Å². The number of thiophene rings is 1. The van der Waals surface area contributed by atoms with Gasteiger partial charge in [0.05, 0.1) is 4.53 Å². The summed E-state index contributed by atoms with van der Waals surface area (Å²) in [5, 5.41) is 6.74. The number of Topliss-reactive ketones (excluding diaryl/α,β-unsaturated/α-hetero) is 1. The predicted molar refractivity (Wildman–Crippen MR) is 113 cm³/mol. The minimum atomic E-state index is -0.560. The number of hydrogen-bond acceptors (Lipinski definition) is 5. The molecule has 0 spiro atoms. The molecular weight excluding hydrogens is 380 g/mol. The van der Waals surface area contributed by atoms with Crippen molar-refractivity contribution in [2.45, 2.75) is 53.6 Å². The van der Waals surface area contributed by atoms with Gasteiger partial charge in [0.15, 0.2) is 5.78 Å². The van der Waals surface area contributed by atoms with E-state index in [9.17, 15) is 14.4 Å². The molecule has 0 aliphatic carbocycles. The van der Waals surface area contributed by atoms with Crippen molar-refractivity contribution in [3.8, 4) is 0 Å². The second kappa shape index (κ2) is 7.94. The van der Waals surface area contributed by atoms with Crippen LogP contribution >= 0.6 is 22.7 Å². The largest absolute Gasteiger partial charge is 0.350 e. The van der Waals surface area contributed by atoms with E-state index in [1.807, 2.05) is 58.4 Å². The van der Waals surface area contributed by atoms with E-state index in [-0.39, 0.29) is 23.8 Å². The first-order valence-corrected chi connectivity index (χ1v) is 10.4. The van der Waals surface area contributed by atoms with Gasteiger partial charge in [-0.3, -0.25) is 19.0 Å². The van der Waals surface area contributed by atoms with Gasteiger partial charge in [0, 0.05) is 17.0 Å². The Kier molecular flexibility index (Phi) is 6.27. The number of thiazole rings is 1. The zero-order valence-electron chi connectivity index (χ0n) is 16.6. The summed E-state index contributed by atoms with van der Waals surface area (Å²) in [6.07, 6.45) is 3.27. The smallest absolute Gasteiger partial charge is 0.269 e. The molecule has 0 saturated heterocycles. The third-order valence-electron chi connectivity index (χ3n) is 3.59. The highest BCUT2D eigenvalue weighted by molar-refractivity contribution is 7.08. The van der Waals surface area contributed by atoms with Gasteiger partial charge in [0.1, 0.15) is 11.2 Å². The second-order valence-corrected chi connectivity index (χ2v) is 10.3. The predicted octanol–water partition coefficient (Wildman–Crippen LogP) is 2.11. The van der Waals surface area contributed by atoms with Crippen molar-refractivity contribution >= 4 is 46.5 Å². The Morgan fingerprint density at radius 2 is 1.85 bits per heavy atom. The van der Waals surface area contributed by atoms with Crippen molar-refractivity contribution in [2.24, 2.45) is 5.41 Å². The summed E-state index contributed by atoms with van der Waals surface area (Å²) in [5.74, 6) is -0.349. The maximum absolute atomic E-state index is 12.9. The molecule has 5 nitrogen and oxygen atoms in total. The quantitative estimate of drug-likeness (QED) is 0.846. The second-order valence-electron chi connectivity index (χ2n) is 8.45. The lowest BCUT2D eigenvalue weighted by Gasteiger charge is -2.20. The van der Waals surface area contributed by atoms with Crippen LogP contribution in [0.15, 0.2) is 21.6 Å². The fraction of sp³-hybridized carbons (Fsp3) is 0.450. The molecule has 146 valence electrons. The molecule has 27 heavy (non-hydrogen) atoms. The van der Waals surface area contributed by atoms with Crippen molar-refractivity contribution in [3.05, 3.63) is 41.9 Å². The number of nitrogens with zero attached hydrogens (tertiary/aromatic N) is 1. The van der Waals surface area contributed by atoms with Crippen LogP contribution < -0.4 is 20.1 Å². The normalized spacial score (nSPS) is 13.9. The fourth-order valence-corrected chi connectivity index (χ4v) is 3.89. The molecule has 2 aromatic rings. The number of ketones is 1. The maximum Gasteiger partial charge on any atom is 0.269 e. The molecule has 1 amide bonds. The molecule has 2 rings (SSSR count). The summed E-state index contributed by atoms with van der Waals surface area (Å²) < 4.78 is 2.38. The van der Waals surface area contributed by atoms with E-state index < -0.39 is 11.0 Å². The number of carbonyl (C=O) groups is 2. The van der Waals surface area contributed by atoms with Crippen LogP contribution in [-0.4, -0.2) is 21.8 Å². The van der Waals surface area contributed by atoms with E-state index >= 15 is 0 Å². The highest BCUT2D eigenvalue weighted by Crippen LogP contribution is 2.14. The summed E-state index contributed by atoms with van der Waals surface area (Å²) in [6.45, 7) is 11.0. The molecule has 0 saturated carbocycles. The van der Waals surface area contributed by atoms with E-state index in [4.69, 9.17) is 0 Å². The van der Waals surface area contributed by atoms with Crippen LogP contribution in [-0.2, 0) is 16.1 Å². The zero-order valence-corrected chi connectivity index (χ0v) is 18.2. The first kappa shape index (κ1) is 21.3. The van der Waals surface area contributed by atoms with Crippen LogP contribution in [0.25, 0.3) is 12.2 Å². The highest BCUT2D eigenvalue weighted by atomic mass is 32.1. The standard InChI is InChI=1S/C20H26N2O3S2/c1-19(2,3)15(23)10-17-22(11-16(24)21-20(4,5)6)18(25)14(27-17)9-13-7-8-26-12-13/h7-10,12H,11H2,1-6H3,(H,21,24)/b14-9+,17-10-. The number of carbonyl (C=O) groups excluding carboxylic acids is 2. The summed E-state index contributed by atoms with van der Waals surface area (Å²) in [5.41, 5.74) is -0.287. The molecule has 0 aromatic carbocycles. The van der Waals surface area contributed by atoms with Crippen molar-refractivity contribution in [3.63, 3.8) is 0 Å². The Bertz CT molecular complexity index is 998. The topological polar surface area (TPSA) is 68.2 Å². The Morgan fingerprint density at radius 3 is 2.37 bits per heavy atom. The van der Waals surface area contributed by atoms with Crippen molar-refractivity contribution in [2.75, 3.05) is 0 Å². The van der Waals surface area contributed by atoms with Gasteiger partial charge in [0.25, 0.3) is 5.56 Å². The van der Waals surface area contributed by atoms with Crippen LogP contribution in [0.5, 0.6) is 0 Å². The van der Waals surface area contributed by atoms with Gasteiger partial charge >= 0.3 is 0 Å². The van der Waals surface area contributed by atoms with Gasteiger partial charge in [-0.05, 0) is 49.2 Å². The van der Waals surface area contributed by atoms with Crippen molar-refractivity contribution in [1.29, 1.82) is 0 Å². The molecule has 2 aromatic heterocycles. The summed E-state index contributed by atoms with van der Waals surface area (Å²) in [6, 6.07) is 1.92. The lowest BCUT2D eigenvalue weighted by molar-refractivity contribution is -0.123. The highest BCUT2D eigenvalue weighted by Gasteiger charge is 2.20. The van der Waals surface area contributed by atoms with Crippen LogP contribution in [0.1, 0.15) is 47.1 Å². The summed E-state index contributed by atoms with van der Waals surface area (Å²) in [4.78, 5) is 37.7. The Balaban J connectivity index is 2.57. The first-order valence-electron chi connectivity index (χ1n) is 8.67. The lowest BCUT2D eigenvalue weighted by Crippen LogP contribution is -2.45. The zero-order chi connectivity index (χ0) is 20.4. The number of rotatable bonds is 4. The molecule has 0 aliphatic rings. The van der Waals surface area contributed by atoms with E-state index in [0.717, 1.165) is 5.56 Å². The minimum Gasteiger partial charge on any atom is -0.350 e. The number of amides is 1. The number of hydrogen-bond donors (Lipinski definition) is 1. The van der Waals surface area contributed by atoms with Crippen LogP contribution in [0.3, 0.4) is 0 Å². The fourth-order valence-electron chi connectivity index (χ4n) is 2.23. The molecular formula is C20H26N2O3S2. The molecule has 0 fully saturated rings. The maximum atomic E-state index is 12.9. The van der Waals surface area contributed by atoms with E-state index in [0.29, 0.717) is 9.20 Å². The molecule has 0 radical (unpaired) electrons. The molecule has 0 atom stereocenters. The summed E-state index contributed by atoms with van der Waals surface area (Å²) >= 11 is 2.78. The number of nitrogens with one attached hydrogen (secondary N) is 1. The van der Waals surface area contributed by atoms with E-state index in [2.05, 4.69) is 5.32 Å². The van der Waals surface area contributed by atoms with Crippen LogP contribution in [0.2, 0.25) is 0 Å². The molecule has 0 unspecified atom stereocenters. The van der Waals surface area contributed by atoms with Crippen LogP contribution in [0, 0.1) is 5.41 Å². The van der Waals surface area contributed by atoms with Crippen molar-refractivity contribution < 1.29 is 9.59 Å². The molecule has 0 bridgehead atoms. The summed E-state index contributed by atoms with van der Waals surface area (Å²) in [7, 11) is 0. The van der Waals surface area contributed by atoms with Gasteiger partial charge < -0.3 is 5.32 Å². The Labute approximate surface area is 167 Å². The monoisotopic (exact) mass is 406 g/mol. The van der Waals surface area contributed by atoms with E-state index in [1.54, 1.807) is 17.4 Å². The molecule has 2 heterocycles. The molecule has 0 aliphatic heterocycles. The third kappa shape index (κ3) is 6.01. The van der Waals surface area contributed by atoms with E-state index in [1.165, 1.54) is 22.0 Å². The third-order valence-corrected chi connectivity index (χ3v) is 5.35. The Hall–Kier alpha value is -1.99. The average Bonchev–Trinajstić information content (AvgIpc) is 3.09. The number of aromatic nitrogens is 1. The van der Waals surface area contributed by atoms with Gasteiger partial charge in [-0.1, -0.05) is 20.8 Å². The van der Waals surface area contributed by atoms with Gasteiger partial charge in [-0.15, -0.1) is 11.3 Å². The molecule has 1 N–H and O–H groups in total. The first-order chi connectivity index (χ1) is 12.4. The Morgan fingerprint density at radius 1 is 1.19 bits per heavy atom. The van der Waals surface area contributed by atoms with Gasteiger partial charge in [0.2, 0.25) is 5.91 Å². The molecule has 7 heteroatoms. The minimum absolute atomic E-state index is 0.0872. The lowest BCUT2D eigenvalue weighted by atomic mass is 9.91. The van der Waals surface area contributed by atoms with Crippen LogP contribution in [0.4, 0.5) is 0 Å².